The summed E-state index contributed by atoms with van der Waals surface area (Å²) in [5.74, 6) is -1.94. The third-order valence-electron chi connectivity index (χ3n) is 2.77. The van der Waals surface area contributed by atoms with E-state index in [4.69, 9.17) is 5.11 Å². The van der Waals surface area contributed by atoms with Gasteiger partial charge in [0.25, 0.3) is 0 Å². The summed E-state index contributed by atoms with van der Waals surface area (Å²) < 4.78 is 0. The van der Waals surface area contributed by atoms with Crippen LogP contribution >= 0.6 is 12.6 Å². The Bertz CT molecular complexity index is 255. The summed E-state index contributed by atoms with van der Waals surface area (Å²) >= 11 is 4.06. The Balaban J connectivity index is 2.63. The summed E-state index contributed by atoms with van der Waals surface area (Å²) in [4.78, 5) is 22.7. The molecule has 1 aliphatic carbocycles. The maximum Gasteiger partial charge on any atom is 0.307 e. The molecule has 1 fully saturated rings. The molecule has 86 valence electrons. The number of carboxylic acid groups (broad SMARTS) is 1. The summed E-state index contributed by atoms with van der Waals surface area (Å²) in [6, 6.07) is 0. The van der Waals surface area contributed by atoms with Gasteiger partial charge in [0.15, 0.2) is 0 Å². The average molecular weight is 231 g/mol. The Morgan fingerprint density at radius 2 is 1.87 bits per heavy atom. The van der Waals surface area contributed by atoms with Crippen molar-refractivity contribution >= 4 is 24.5 Å². The van der Waals surface area contributed by atoms with Gasteiger partial charge in [-0.05, 0) is 19.8 Å². The number of hydrogen-bond acceptors (Lipinski definition) is 3. The predicted octanol–water partition coefficient (Wildman–Crippen LogP) is 1.27. The molecule has 0 heterocycles. The molecule has 0 aromatic carbocycles. The maximum atomic E-state index is 11.7. The summed E-state index contributed by atoms with van der Waals surface area (Å²) in [6.07, 6.45) is 3.11. The zero-order chi connectivity index (χ0) is 11.4. The van der Waals surface area contributed by atoms with E-state index in [1.165, 1.54) is 0 Å². The largest absolute Gasteiger partial charge is 0.481 e. The molecule has 0 aromatic rings. The second-order valence-corrected chi connectivity index (χ2v) is 4.79. The molecular formula is C10H17NO3S. The molecule has 1 rings (SSSR count). The van der Waals surface area contributed by atoms with Crippen LogP contribution in [-0.4, -0.2) is 22.4 Å². The van der Waals surface area contributed by atoms with Crippen LogP contribution in [0.2, 0.25) is 0 Å². The van der Waals surface area contributed by atoms with Crippen molar-refractivity contribution in [1.82, 2.24) is 5.32 Å². The van der Waals surface area contributed by atoms with Gasteiger partial charge in [0.05, 0.1) is 17.2 Å². The molecule has 15 heavy (non-hydrogen) atoms. The standard InChI is InChI=1S/C10H17NO3S/c1-6(15)11-9(12)7-4-2-3-5-8(7)10(13)14/h6-8,15H,2-5H2,1H3,(H,11,12)(H,13,14). The molecular weight excluding hydrogens is 214 g/mol. The number of carbonyl (C=O) groups excluding carboxylic acids is 1. The lowest BCUT2D eigenvalue weighted by molar-refractivity contribution is -0.148. The molecule has 0 saturated heterocycles. The van der Waals surface area contributed by atoms with Gasteiger partial charge >= 0.3 is 5.97 Å². The Kier molecular flexibility index (Phi) is 4.45. The lowest BCUT2D eigenvalue weighted by atomic mass is 9.79. The van der Waals surface area contributed by atoms with Crippen LogP contribution in [0.15, 0.2) is 0 Å². The number of hydrogen-bond donors (Lipinski definition) is 3. The molecule has 5 heteroatoms. The van der Waals surface area contributed by atoms with Crippen molar-refractivity contribution in [1.29, 1.82) is 0 Å². The second kappa shape index (κ2) is 5.39. The SMILES string of the molecule is CC(S)NC(=O)C1CCCCC1C(=O)O. The highest BCUT2D eigenvalue weighted by Gasteiger charge is 2.35. The summed E-state index contributed by atoms with van der Waals surface area (Å²) in [5.41, 5.74) is 0. The van der Waals surface area contributed by atoms with E-state index in [0.29, 0.717) is 12.8 Å². The van der Waals surface area contributed by atoms with Crippen molar-refractivity contribution in [3.05, 3.63) is 0 Å². The third-order valence-corrected chi connectivity index (χ3v) is 2.90. The number of thiol groups is 1. The molecule has 0 aromatic heterocycles. The van der Waals surface area contributed by atoms with E-state index in [1.54, 1.807) is 6.92 Å². The first-order chi connectivity index (χ1) is 7.02. The van der Waals surface area contributed by atoms with E-state index in [2.05, 4.69) is 17.9 Å². The summed E-state index contributed by atoms with van der Waals surface area (Å²) in [5, 5.41) is 11.4. The highest BCUT2D eigenvalue weighted by atomic mass is 32.1. The van der Waals surface area contributed by atoms with Gasteiger partial charge in [0.1, 0.15) is 0 Å². The van der Waals surface area contributed by atoms with Gasteiger partial charge < -0.3 is 10.4 Å². The lowest BCUT2D eigenvalue weighted by Gasteiger charge is -2.27. The van der Waals surface area contributed by atoms with E-state index in [9.17, 15) is 9.59 Å². The highest BCUT2D eigenvalue weighted by Crippen LogP contribution is 2.30. The van der Waals surface area contributed by atoms with Gasteiger partial charge in [-0.2, -0.15) is 12.6 Å². The van der Waals surface area contributed by atoms with E-state index in [-0.39, 0.29) is 17.2 Å². The molecule has 4 nitrogen and oxygen atoms in total. The van der Waals surface area contributed by atoms with Crippen molar-refractivity contribution < 1.29 is 14.7 Å². The van der Waals surface area contributed by atoms with Gasteiger partial charge in [-0.1, -0.05) is 12.8 Å². The van der Waals surface area contributed by atoms with Crippen LogP contribution in [0.3, 0.4) is 0 Å². The van der Waals surface area contributed by atoms with Crippen molar-refractivity contribution in [2.75, 3.05) is 0 Å². The zero-order valence-electron chi connectivity index (χ0n) is 8.77. The van der Waals surface area contributed by atoms with Crippen LogP contribution in [0.5, 0.6) is 0 Å². The highest BCUT2D eigenvalue weighted by molar-refractivity contribution is 7.80. The lowest BCUT2D eigenvalue weighted by Crippen LogP contribution is -2.41. The van der Waals surface area contributed by atoms with Gasteiger partial charge in [0, 0.05) is 0 Å². The average Bonchev–Trinajstić information content (AvgIpc) is 2.16. The smallest absolute Gasteiger partial charge is 0.307 e. The van der Waals surface area contributed by atoms with Gasteiger partial charge in [-0.3, -0.25) is 9.59 Å². The van der Waals surface area contributed by atoms with Crippen molar-refractivity contribution in [3.8, 4) is 0 Å². The topological polar surface area (TPSA) is 66.4 Å². The van der Waals surface area contributed by atoms with E-state index >= 15 is 0 Å². The van der Waals surface area contributed by atoms with Crippen LogP contribution in [0.1, 0.15) is 32.6 Å². The molecule has 0 spiro atoms. The molecule has 1 aliphatic rings. The van der Waals surface area contributed by atoms with Crippen molar-refractivity contribution in [2.24, 2.45) is 11.8 Å². The van der Waals surface area contributed by atoms with E-state index in [1.807, 2.05) is 0 Å². The summed E-state index contributed by atoms with van der Waals surface area (Å²) in [7, 11) is 0. The fraction of sp³-hybridized carbons (Fsp3) is 0.800. The predicted molar refractivity (Wildman–Crippen MR) is 59.7 cm³/mol. The number of carbonyl (C=O) groups is 2. The Morgan fingerprint density at radius 1 is 1.33 bits per heavy atom. The van der Waals surface area contributed by atoms with Crippen LogP contribution < -0.4 is 5.32 Å². The second-order valence-electron chi connectivity index (χ2n) is 4.02. The summed E-state index contributed by atoms with van der Waals surface area (Å²) in [6.45, 7) is 1.75. The van der Waals surface area contributed by atoms with Crippen molar-refractivity contribution in [2.45, 2.75) is 38.0 Å². The minimum atomic E-state index is -0.860. The van der Waals surface area contributed by atoms with E-state index in [0.717, 1.165) is 12.8 Å². The first-order valence-electron chi connectivity index (χ1n) is 5.23. The van der Waals surface area contributed by atoms with Crippen LogP contribution in [0, 0.1) is 11.8 Å². The first kappa shape index (κ1) is 12.4. The fourth-order valence-electron chi connectivity index (χ4n) is 2.05. The normalized spacial score (nSPS) is 28.1. The zero-order valence-corrected chi connectivity index (χ0v) is 9.67. The number of rotatable bonds is 3. The Labute approximate surface area is 94.8 Å². The molecule has 0 bridgehead atoms. The molecule has 2 N–H and O–H groups in total. The molecule has 1 saturated carbocycles. The molecule has 1 amide bonds. The minimum absolute atomic E-state index is 0.176. The number of nitrogens with one attached hydrogen (secondary N) is 1. The Morgan fingerprint density at radius 3 is 2.33 bits per heavy atom. The molecule has 3 atom stereocenters. The van der Waals surface area contributed by atoms with Crippen LogP contribution in [-0.2, 0) is 9.59 Å². The number of aliphatic carboxylic acids is 1. The fourth-order valence-corrected chi connectivity index (χ4v) is 2.18. The maximum absolute atomic E-state index is 11.7. The molecule has 0 radical (unpaired) electrons. The Hall–Kier alpha value is -0.710. The van der Waals surface area contributed by atoms with Crippen molar-refractivity contribution in [3.63, 3.8) is 0 Å². The number of carboxylic acids is 1. The molecule has 0 aliphatic heterocycles. The minimum Gasteiger partial charge on any atom is -0.481 e. The van der Waals surface area contributed by atoms with Crippen LogP contribution in [0.25, 0.3) is 0 Å². The van der Waals surface area contributed by atoms with Crippen LogP contribution in [0.4, 0.5) is 0 Å². The van der Waals surface area contributed by atoms with Gasteiger partial charge in [0.2, 0.25) is 5.91 Å². The molecule has 3 unspecified atom stereocenters. The first-order valence-corrected chi connectivity index (χ1v) is 5.75. The van der Waals surface area contributed by atoms with E-state index < -0.39 is 11.9 Å². The quantitative estimate of drug-likeness (QED) is 0.506. The van der Waals surface area contributed by atoms with Gasteiger partial charge in [-0.25, -0.2) is 0 Å². The monoisotopic (exact) mass is 231 g/mol. The number of amides is 1. The third kappa shape index (κ3) is 3.41. The van der Waals surface area contributed by atoms with Gasteiger partial charge in [-0.15, -0.1) is 0 Å².